The molecule has 7 heteroatoms. The van der Waals surface area contributed by atoms with Gasteiger partial charge in [0.2, 0.25) is 0 Å². The van der Waals surface area contributed by atoms with Crippen LogP contribution < -0.4 is 0 Å². The molecule has 0 amide bonds. The van der Waals surface area contributed by atoms with E-state index in [1.54, 1.807) is 0 Å². The number of hydrogen-bond donors (Lipinski definition) is 1. The van der Waals surface area contributed by atoms with E-state index in [9.17, 15) is 9.00 Å². The van der Waals surface area contributed by atoms with Crippen molar-refractivity contribution in [2.75, 3.05) is 5.75 Å². The normalized spacial score (nSPS) is 13.9. The van der Waals surface area contributed by atoms with Crippen LogP contribution in [-0.2, 0) is 27.2 Å². The first-order valence-corrected chi connectivity index (χ1v) is 9.13. The van der Waals surface area contributed by atoms with E-state index in [0.717, 1.165) is 42.3 Å². The molecule has 1 aromatic heterocycles. The topological polar surface area (TPSA) is 68.5 Å². The molecule has 2 rings (SSSR count). The van der Waals surface area contributed by atoms with E-state index in [-0.39, 0.29) is 6.10 Å². The Hall–Kier alpha value is -1.37. The zero-order chi connectivity index (χ0) is 16.8. The number of unbranched alkanes of at least 4 members (excludes halogenated alkanes) is 2. The number of carbonyl (C=O) groups is 1. The smallest absolute Gasteiger partial charge is 0.293 e. The molecule has 23 heavy (non-hydrogen) atoms. The van der Waals surface area contributed by atoms with Gasteiger partial charge in [-0.2, -0.15) is 0 Å². The van der Waals surface area contributed by atoms with E-state index in [1.807, 2.05) is 31.3 Å². The average molecular weight is 358 g/mol. The predicted octanol–water partition coefficient (Wildman–Crippen LogP) is 3.92. The van der Waals surface area contributed by atoms with Crippen LogP contribution in [-0.4, -0.2) is 25.6 Å². The van der Waals surface area contributed by atoms with Crippen molar-refractivity contribution in [1.29, 1.82) is 0 Å². The molecule has 0 saturated carbocycles. The summed E-state index contributed by atoms with van der Waals surface area (Å²) < 4.78 is 26.6. The Bertz CT molecular complexity index is 701. The quantitative estimate of drug-likeness (QED) is 0.419. The van der Waals surface area contributed by atoms with Crippen molar-refractivity contribution in [2.45, 2.75) is 38.8 Å². The minimum atomic E-state index is -1.71. The largest absolute Gasteiger partial charge is 0.460 e. The molecular weight excluding hydrogens is 338 g/mol. The van der Waals surface area contributed by atoms with Crippen LogP contribution in [0.2, 0.25) is 5.02 Å². The standard InChI is InChI=1S/C16H20ClNO4S/c1-12(22-11-19)15-10-18(7-3-2-4-8-23(20)21)16-6-5-13(17)9-14(15)16/h5-6,9-12H,2-4,7-8H2,1H3,(H,20,21). The van der Waals surface area contributed by atoms with E-state index in [1.165, 1.54) is 0 Å². The highest BCUT2D eigenvalue weighted by molar-refractivity contribution is 7.79. The second kappa shape index (κ2) is 8.47. The van der Waals surface area contributed by atoms with Gasteiger partial charge in [-0.1, -0.05) is 18.0 Å². The average Bonchev–Trinajstić information content (AvgIpc) is 2.85. The van der Waals surface area contributed by atoms with Crippen LogP contribution in [0.3, 0.4) is 0 Å². The van der Waals surface area contributed by atoms with Gasteiger partial charge in [0.1, 0.15) is 6.10 Å². The van der Waals surface area contributed by atoms with Crippen LogP contribution in [0.25, 0.3) is 10.9 Å². The minimum absolute atomic E-state index is 0.317. The lowest BCUT2D eigenvalue weighted by molar-refractivity contribution is -0.133. The van der Waals surface area contributed by atoms with Gasteiger partial charge in [0.15, 0.2) is 11.1 Å². The lowest BCUT2D eigenvalue weighted by Gasteiger charge is -2.07. The summed E-state index contributed by atoms with van der Waals surface area (Å²) in [6, 6.07) is 5.67. The number of halogens is 1. The number of rotatable bonds is 9. The van der Waals surface area contributed by atoms with E-state index < -0.39 is 11.1 Å². The number of hydrogen-bond acceptors (Lipinski definition) is 3. The third-order valence-electron chi connectivity index (χ3n) is 3.79. The zero-order valence-corrected chi connectivity index (χ0v) is 14.5. The van der Waals surface area contributed by atoms with Crippen LogP contribution in [0.1, 0.15) is 37.9 Å². The summed E-state index contributed by atoms with van der Waals surface area (Å²) in [6.45, 7) is 3.07. The number of fused-ring (bicyclic) bond motifs is 1. The highest BCUT2D eigenvalue weighted by Crippen LogP contribution is 2.30. The van der Waals surface area contributed by atoms with Crippen molar-refractivity contribution >= 4 is 40.1 Å². The molecule has 0 bridgehead atoms. The fourth-order valence-electron chi connectivity index (χ4n) is 2.65. The molecular formula is C16H20ClNO4S. The number of carbonyl (C=O) groups excluding carboxylic acids is 1. The van der Waals surface area contributed by atoms with Gasteiger partial charge >= 0.3 is 0 Å². The summed E-state index contributed by atoms with van der Waals surface area (Å²) in [5.74, 6) is 0.317. The fraction of sp³-hybridized carbons (Fsp3) is 0.438. The molecule has 1 aromatic carbocycles. The first-order chi connectivity index (χ1) is 11.0. The van der Waals surface area contributed by atoms with Crippen molar-refractivity contribution in [3.8, 4) is 0 Å². The maximum absolute atomic E-state index is 10.6. The summed E-state index contributed by atoms with van der Waals surface area (Å²) in [5, 5.41) is 1.61. The Morgan fingerprint density at radius 1 is 1.39 bits per heavy atom. The van der Waals surface area contributed by atoms with Crippen LogP contribution in [0.5, 0.6) is 0 Å². The fourth-order valence-corrected chi connectivity index (χ4v) is 3.27. The van der Waals surface area contributed by atoms with Gasteiger partial charge in [-0.15, -0.1) is 0 Å². The van der Waals surface area contributed by atoms with Gasteiger partial charge in [0.25, 0.3) is 6.47 Å². The van der Waals surface area contributed by atoms with Crippen LogP contribution in [0.15, 0.2) is 24.4 Å². The summed E-state index contributed by atoms with van der Waals surface area (Å²) in [4.78, 5) is 10.6. The molecule has 2 atom stereocenters. The Kier molecular flexibility index (Phi) is 6.62. The second-order valence-electron chi connectivity index (χ2n) is 5.40. The van der Waals surface area contributed by atoms with E-state index in [4.69, 9.17) is 20.9 Å². The van der Waals surface area contributed by atoms with E-state index in [0.29, 0.717) is 17.2 Å². The van der Waals surface area contributed by atoms with Crippen molar-refractivity contribution in [2.24, 2.45) is 0 Å². The number of benzene rings is 1. The van der Waals surface area contributed by atoms with Gasteiger partial charge < -0.3 is 13.9 Å². The molecule has 126 valence electrons. The molecule has 1 heterocycles. The lowest BCUT2D eigenvalue weighted by Crippen LogP contribution is -2.00. The van der Waals surface area contributed by atoms with Gasteiger partial charge in [0, 0.05) is 40.0 Å². The summed E-state index contributed by atoms with van der Waals surface area (Å²) in [6.07, 6.45) is 4.17. The molecule has 2 unspecified atom stereocenters. The van der Waals surface area contributed by atoms with Crippen molar-refractivity contribution < 1.29 is 18.3 Å². The second-order valence-corrected chi connectivity index (χ2v) is 6.89. The molecule has 0 fully saturated rings. The lowest BCUT2D eigenvalue weighted by atomic mass is 10.1. The molecule has 0 saturated heterocycles. The van der Waals surface area contributed by atoms with Crippen LogP contribution >= 0.6 is 11.6 Å². The zero-order valence-electron chi connectivity index (χ0n) is 12.9. The van der Waals surface area contributed by atoms with Crippen molar-refractivity contribution in [3.05, 3.63) is 35.0 Å². The maximum atomic E-state index is 10.6. The Morgan fingerprint density at radius 3 is 2.87 bits per heavy atom. The summed E-state index contributed by atoms with van der Waals surface area (Å²) in [5.41, 5.74) is 1.96. The van der Waals surface area contributed by atoms with Gasteiger partial charge in [-0.3, -0.25) is 4.79 Å². The molecule has 1 N–H and O–H groups in total. The van der Waals surface area contributed by atoms with Gasteiger partial charge in [-0.25, -0.2) is 4.21 Å². The SMILES string of the molecule is CC(OC=O)c1cn(CCCCCS(=O)O)c2ccc(Cl)cc12. The summed E-state index contributed by atoms with van der Waals surface area (Å²) in [7, 11) is 0. The number of aryl methyl sites for hydroxylation is 1. The van der Waals surface area contributed by atoms with E-state index in [2.05, 4.69) is 4.57 Å². The number of nitrogens with zero attached hydrogens (tertiary/aromatic N) is 1. The monoisotopic (exact) mass is 357 g/mol. The first-order valence-electron chi connectivity index (χ1n) is 7.47. The third kappa shape index (κ3) is 4.80. The highest BCUT2D eigenvalue weighted by atomic mass is 35.5. The summed E-state index contributed by atoms with van der Waals surface area (Å²) >= 11 is 4.37. The van der Waals surface area contributed by atoms with Crippen molar-refractivity contribution in [3.63, 3.8) is 0 Å². The highest BCUT2D eigenvalue weighted by Gasteiger charge is 2.15. The Balaban J connectivity index is 2.16. The van der Waals surface area contributed by atoms with Crippen LogP contribution in [0.4, 0.5) is 0 Å². The molecule has 2 aromatic rings. The number of ether oxygens (including phenoxy) is 1. The first kappa shape index (κ1) is 18.0. The molecule has 5 nitrogen and oxygen atoms in total. The predicted molar refractivity (Wildman–Crippen MR) is 92.0 cm³/mol. The van der Waals surface area contributed by atoms with Crippen molar-refractivity contribution in [1.82, 2.24) is 4.57 Å². The molecule has 0 aliphatic carbocycles. The Morgan fingerprint density at radius 2 is 2.17 bits per heavy atom. The minimum Gasteiger partial charge on any atom is -0.460 e. The van der Waals surface area contributed by atoms with Crippen LogP contribution in [0, 0.1) is 0 Å². The maximum Gasteiger partial charge on any atom is 0.293 e. The third-order valence-corrected chi connectivity index (χ3v) is 4.66. The van der Waals surface area contributed by atoms with E-state index >= 15 is 0 Å². The molecule has 0 aliphatic rings. The Labute approximate surface area is 142 Å². The number of aromatic nitrogens is 1. The molecule has 0 aliphatic heterocycles. The van der Waals surface area contributed by atoms with Gasteiger partial charge in [-0.05, 0) is 38.0 Å². The molecule has 0 spiro atoms. The molecule has 0 radical (unpaired) electrons. The van der Waals surface area contributed by atoms with Gasteiger partial charge in [0.05, 0.1) is 0 Å².